The van der Waals surface area contributed by atoms with E-state index in [1.54, 1.807) is 11.5 Å². The highest BCUT2D eigenvalue weighted by Gasteiger charge is 2.14. The van der Waals surface area contributed by atoms with E-state index in [0.717, 1.165) is 11.3 Å². The van der Waals surface area contributed by atoms with Crippen LogP contribution in [0.15, 0.2) is 11.2 Å². The van der Waals surface area contributed by atoms with Gasteiger partial charge in [-0.15, -0.1) is 0 Å². The number of hydrogen-bond donors (Lipinski definition) is 1. The molecule has 0 aromatic carbocycles. The van der Waals surface area contributed by atoms with Gasteiger partial charge < -0.3 is 9.88 Å². The van der Waals surface area contributed by atoms with E-state index < -0.39 is 11.0 Å². The molecule has 1 aromatic rings. The second-order valence-electron chi connectivity index (χ2n) is 3.56. The molecule has 2 amide bonds. The maximum Gasteiger partial charge on any atom is 0.343 e. The van der Waals surface area contributed by atoms with Crippen LogP contribution >= 0.6 is 11.3 Å². The van der Waals surface area contributed by atoms with Crippen molar-refractivity contribution in [1.82, 2.24) is 9.88 Å². The molecule has 1 aromatic heterocycles. The Morgan fingerprint density at radius 1 is 1.71 bits per heavy atom. The van der Waals surface area contributed by atoms with Gasteiger partial charge in [-0.25, -0.2) is 4.79 Å². The first-order valence-electron chi connectivity index (χ1n) is 5.14. The zero-order valence-electron chi connectivity index (χ0n) is 9.84. The van der Waals surface area contributed by atoms with E-state index in [4.69, 9.17) is 0 Å². The van der Waals surface area contributed by atoms with E-state index in [9.17, 15) is 14.9 Å². The molecule has 0 aliphatic rings. The predicted molar refractivity (Wildman–Crippen MR) is 64.0 cm³/mol. The average molecular weight is 258 g/mol. The monoisotopic (exact) mass is 258 g/mol. The van der Waals surface area contributed by atoms with Gasteiger partial charge in [-0.3, -0.25) is 10.1 Å². The number of nitrogens with one attached hydrogen (secondary N) is 1. The first-order chi connectivity index (χ1) is 7.95. The first kappa shape index (κ1) is 13.4. The van der Waals surface area contributed by atoms with Crippen molar-refractivity contribution < 1.29 is 9.72 Å². The number of carbonyl (C=O) groups excluding carboxylic acids is 1. The summed E-state index contributed by atoms with van der Waals surface area (Å²) in [6, 6.07) is -0.480. The third-order valence-corrected chi connectivity index (χ3v) is 2.88. The lowest BCUT2D eigenvalue weighted by Gasteiger charge is -2.04. The third kappa shape index (κ3) is 3.38. The lowest BCUT2D eigenvalue weighted by atomic mass is 10.4. The van der Waals surface area contributed by atoms with Crippen LogP contribution in [0.5, 0.6) is 0 Å². The molecule has 0 saturated heterocycles. The average Bonchev–Trinajstić information content (AvgIpc) is 2.62. The Hall–Kier alpha value is -1.70. The van der Waals surface area contributed by atoms with Crippen molar-refractivity contribution in [2.24, 2.45) is 4.99 Å². The van der Waals surface area contributed by atoms with Crippen molar-refractivity contribution in [3.05, 3.63) is 21.1 Å². The number of carbonyl (C=O) groups is 1. The van der Waals surface area contributed by atoms with Crippen LogP contribution < -0.4 is 10.1 Å². The number of thiazole rings is 1. The number of hydrogen-bond acceptors (Lipinski definition) is 4. The van der Waals surface area contributed by atoms with E-state index in [0.29, 0.717) is 11.3 Å². The van der Waals surface area contributed by atoms with Gasteiger partial charge in [-0.1, -0.05) is 0 Å². The minimum atomic E-state index is -0.487. The van der Waals surface area contributed by atoms with E-state index in [1.807, 2.05) is 13.8 Å². The van der Waals surface area contributed by atoms with Crippen LogP contribution in [0.25, 0.3) is 0 Å². The van der Waals surface area contributed by atoms with Gasteiger partial charge in [0.25, 0.3) is 0 Å². The van der Waals surface area contributed by atoms with Crippen molar-refractivity contribution in [3.8, 4) is 0 Å². The van der Waals surface area contributed by atoms with Gasteiger partial charge in [0, 0.05) is 12.6 Å². The summed E-state index contributed by atoms with van der Waals surface area (Å²) in [6.45, 7) is 5.98. The van der Waals surface area contributed by atoms with Gasteiger partial charge in [-0.05, 0) is 32.1 Å². The van der Waals surface area contributed by atoms with Crippen LogP contribution in [0, 0.1) is 10.1 Å². The van der Waals surface area contributed by atoms with Gasteiger partial charge >= 0.3 is 11.0 Å². The lowest BCUT2D eigenvalue weighted by molar-refractivity contribution is -0.380. The van der Waals surface area contributed by atoms with Crippen LogP contribution in [0.3, 0.4) is 0 Å². The van der Waals surface area contributed by atoms with Crippen molar-refractivity contribution >= 4 is 22.4 Å². The number of amides is 2. The second kappa shape index (κ2) is 5.58. The van der Waals surface area contributed by atoms with Crippen LogP contribution in [0.1, 0.15) is 26.8 Å². The molecule has 0 atom stereocenters. The molecule has 17 heavy (non-hydrogen) atoms. The van der Waals surface area contributed by atoms with Crippen molar-refractivity contribution in [3.63, 3.8) is 0 Å². The third-order valence-electron chi connectivity index (χ3n) is 1.93. The molecule has 1 N–H and O–H groups in total. The van der Waals surface area contributed by atoms with Gasteiger partial charge in [-0.2, -0.15) is 4.99 Å². The van der Waals surface area contributed by atoms with Gasteiger partial charge in [0.2, 0.25) is 4.80 Å². The zero-order valence-corrected chi connectivity index (χ0v) is 10.7. The summed E-state index contributed by atoms with van der Waals surface area (Å²) >= 11 is 0.887. The Bertz CT molecular complexity index is 489. The minimum Gasteiger partial charge on any atom is -0.336 e. The highest BCUT2D eigenvalue weighted by atomic mass is 32.1. The summed E-state index contributed by atoms with van der Waals surface area (Å²) in [5.41, 5.74) is 0. The molecule has 0 spiro atoms. The summed E-state index contributed by atoms with van der Waals surface area (Å²) in [5.74, 6) is 0. The second-order valence-corrected chi connectivity index (χ2v) is 4.54. The zero-order chi connectivity index (χ0) is 13.0. The number of nitro groups is 1. The standard InChI is InChI=1S/C9H14N4O3S/c1-4-10-8(14)11-9-12(6(2)3)5-7(17-9)13(15)16/h5-6H,4H2,1-3H3,(H,10,14)/b11-9-. The summed E-state index contributed by atoms with van der Waals surface area (Å²) in [5, 5.41) is 13.2. The smallest absolute Gasteiger partial charge is 0.336 e. The molecule has 0 aliphatic carbocycles. The molecule has 8 heteroatoms. The van der Waals surface area contributed by atoms with Crippen molar-refractivity contribution in [2.75, 3.05) is 6.54 Å². The molecular formula is C9H14N4O3S. The molecule has 0 fully saturated rings. The predicted octanol–water partition coefficient (Wildman–Crippen LogP) is 1.67. The summed E-state index contributed by atoms with van der Waals surface area (Å²) in [7, 11) is 0. The fourth-order valence-electron chi connectivity index (χ4n) is 1.16. The Morgan fingerprint density at radius 2 is 2.35 bits per heavy atom. The van der Waals surface area contributed by atoms with Gasteiger partial charge in [0.1, 0.15) is 0 Å². The highest BCUT2D eigenvalue weighted by molar-refractivity contribution is 7.12. The van der Waals surface area contributed by atoms with Crippen LogP contribution in [-0.4, -0.2) is 22.1 Å². The molecule has 0 radical (unpaired) electrons. The Morgan fingerprint density at radius 3 is 2.82 bits per heavy atom. The van der Waals surface area contributed by atoms with Gasteiger partial charge in [0.15, 0.2) is 0 Å². The molecule has 7 nitrogen and oxygen atoms in total. The Balaban J connectivity index is 3.21. The molecule has 1 heterocycles. The number of nitrogens with zero attached hydrogens (tertiary/aromatic N) is 3. The fraction of sp³-hybridized carbons (Fsp3) is 0.556. The van der Waals surface area contributed by atoms with Crippen LogP contribution in [0.2, 0.25) is 0 Å². The molecule has 94 valence electrons. The number of rotatable bonds is 3. The molecular weight excluding hydrogens is 244 g/mol. The van der Waals surface area contributed by atoms with E-state index in [1.165, 1.54) is 6.20 Å². The summed E-state index contributed by atoms with van der Waals surface area (Å²) in [4.78, 5) is 25.6. The van der Waals surface area contributed by atoms with E-state index in [2.05, 4.69) is 10.3 Å². The summed E-state index contributed by atoms with van der Waals surface area (Å²) in [6.07, 6.45) is 1.40. The number of aromatic nitrogens is 1. The Kier molecular flexibility index (Phi) is 4.38. The normalized spacial score (nSPS) is 11.9. The summed E-state index contributed by atoms with van der Waals surface area (Å²) < 4.78 is 1.61. The Labute approximate surface area is 102 Å². The van der Waals surface area contributed by atoms with Crippen LogP contribution in [0.4, 0.5) is 9.80 Å². The fourth-order valence-corrected chi connectivity index (χ4v) is 2.08. The maximum absolute atomic E-state index is 11.3. The largest absolute Gasteiger partial charge is 0.343 e. The molecule has 0 bridgehead atoms. The molecule has 0 aliphatic heterocycles. The lowest BCUT2D eigenvalue weighted by Crippen LogP contribution is -2.24. The van der Waals surface area contributed by atoms with Crippen molar-refractivity contribution in [1.29, 1.82) is 0 Å². The molecule has 1 rings (SSSR count). The van der Waals surface area contributed by atoms with Crippen LogP contribution in [-0.2, 0) is 0 Å². The quantitative estimate of drug-likeness (QED) is 0.660. The topological polar surface area (TPSA) is 89.5 Å². The van der Waals surface area contributed by atoms with E-state index in [-0.39, 0.29) is 11.0 Å². The first-order valence-corrected chi connectivity index (χ1v) is 5.96. The number of urea groups is 1. The minimum absolute atomic E-state index is 0.00752. The highest BCUT2D eigenvalue weighted by Crippen LogP contribution is 2.16. The maximum atomic E-state index is 11.3. The molecule has 0 saturated carbocycles. The van der Waals surface area contributed by atoms with Gasteiger partial charge in [0.05, 0.1) is 11.1 Å². The van der Waals surface area contributed by atoms with E-state index >= 15 is 0 Å². The van der Waals surface area contributed by atoms with Crippen molar-refractivity contribution in [2.45, 2.75) is 26.8 Å². The molecule has 0 unspecified atom stereocenters. The SMILES string of the molecule is CCNC(=O)/N=c1\sc([N+](=O)[O-])cn1C(C)C.